The van der Waals surface area contributed by atoms with E-state index in [1.807, 2.05) is 24.3 Å². The van der Waals surface area contributed by atoms with Crippen LogP contribution in [0.5, 0.6) is 0 Å². The number of hydrogen-bond donors (Lipinski definition) is 0. The number of halogens is 4. The minimum Gasteiger partial charge on any atom is -0.120 e. The quantitative estimate of drug-likeness (QED) is 0.530. The van der Waals surface area contributed by atoms with E-state index in [-0.39, 0.29) is 22.6 Å². The smallest absolute Gasteiger partial charge is 0.0618 e. The van der Waals surface area contributed by atoms with Crippen LogP contribution in [0, 0.1) is 0 Å². The molecule has 0 spiro atoms. The maximum absolute atomic E-state index is 6.60. The monoisotopic (exact) mass is 342 g/mol. The largest absolute Gasteiger partial charge is 0.120 e. The van der Waals surface area contributed by atoms with Crippen LogP contribution in [0.15, 0.2) is 36.4 Å². The summed E-state index contributed by atoms with van der Waals surface area (Å²) >= 11 is 25.6. The first kappa shape index (κ1) is 13.3. The van der Waals surface area contributed by atoms with Gasteiger partial charge >= 0.3 is 0 Å². The van der Waals surface area contributed by atoms with Crippen LogP contribution in [0.2, 0.25) is 10.0 Å². The summed E-state index contributed by atoms with van der Waals surface area (Å²) in [5.74, 6) is 0.176. The molecule has 4 heteroatoms. The molecule has 5 rings (SSSR count). The Balaban J connectivity index is 2.05. The van der Waals surface area contributed by atoms with Gasteiger partial charge < -0.3 is 0 Å². The van der Waals surface area contributed by atoms with Crippen molar-refractivity contribution in [3.05, 3.63) is 68.7 Å². The van der Waals surface area contributed by atoms with E-state index in [9.17, 15) is 0 Å². The second-order valence-electron chi connectivity index (χ2n) is 5.37. The molecule has 0 amide bonds. The molecule has 3 aliphatic carbocycles. The van der Waals surface area contributed by atoms with Crippen LogP contribution in [0.4, 0.5) is 0 Å². The van der Waals surface area contributed by atoms with Crippen molar-refractivity contribution in [1.82, 2.24) is 0 Å². The minimum atomic E-state index is -0.124. The Hall–Kier alpha value is -0.400. The van der Waals surface area contributed by atoms with E-state index in [0.717, 1.165) is 0 Å². The molecule has 0 unspecified atom stereocenters. The molecule has 0 fully saturated rings. The van der Waals surface area contributed by atoms with Gasteiger partial charge in [0.25, 0.3) is 0 Å². The molecule has 0 heterocycles. The van der Waals surface area contributed by atoms with Crippen molar-refractivity contribution < 1.29 is 0 Å². The van der Waals surface area contributed by atoms with Crippen molar-refractivity contribution in [3.63, 3.8) is 0 Å². The van der Waals surface area contributed by atoms with E-state index < -0.39 is 0 Å². The summed E-state index contributed by atoms with van der Waals surface area (Å²) in [7, 11) is 0. The van der Waals surface area contributed by atoms with Crippen LogP contribution in [-0.4, -0.2) is 10.8 Å². The summed E-state index contributed by atoms with van der Waals surface area (Å²) in [5.41, 5.74) is 4.86. The highest BCUT2D eigenvalue weighted by atomic mass is 35.5. The highest BCUT2D eigenvalue weighted by Crippen LogP contribution is 2.57. The topological polar surface area (TPSA) is 0 Å². The van der Waals surface area contributed by atoms with Gasteiger partial charge in [-0.25, -0.2) is 0 Å². The van der Waals surface area contributed by atoms with Gasteiger partial charge in [-0.15, -0.1) is 23.2 Å². The Bertz CT molecular complexity index is 650. The first-order valence-electron chi connectivity index (χ1n) is 6.45. The molecule has 2 bridgehead atoms. The second-order valence-corrected chi connectivity index (χ2v) is 7.19. The second kappa shape index (κ2) is 4.55. The van der Waals surface area contributed by atoms with Crippen LogP contribution >= 0.6 is 46.4 Å². The van der Waals surface area contributed by atoms with E-state index in [0.29, 0.717) is 10.0 Å². The van der Waals surface area contributed by atoms with Crippen molar-refractivity contribution in [2.75, 3.05) is 0 Å². The van der Waals surface area contributed by atoms with Crippen LogP contribution < -0.4 is 0 Å². The fourth-order valence-electron chi connectivity index (χ4n) is 3.58. The Morgan fingerprint density at radius 2 is 1.05 bits per heavy atom. The van der Waals surface area contributed by atoms with Gasteiger partial charge in [-0.2, -0.15) is 0 Å². The molecule has 0 N–H and O–H groups in total. The summed E-state index contributed by atoms with van der Waals surface area (Å²) in [6.07, 6.45) is 0. The Kier molecular flexibility index (Phi) is 3.02. The molecule has 2 aromatic carbocycles. The van der Waals surface area contributed by atoms with Crippen LogP contribution in [0.25, 0.3) is 0 Å². The number of benzene rings is 2. The SMILES string of the molecule is Clc1cc2c(cc1Cl)[C@@H]1c3ccccc3[C@H]2[C@@H](Cl)[C@H]1Cl. The lowest BCUT2D eigenvalue weighted by Gasteiger charge is -2.46. The first-order chi connectivity index (χ1) is 9.59. The lowest BCUT2D eigenvalue weighted by atomic mass is 9.63. The molecule has 0 aliphatic heterocycles. The summed E-state index contributed by atoms with van der Waals surface area (Å²) in [5, 5.41) is 0.901. The van der Waals surface area contributed by atoms with E-state index >= 15 is 0 Å². The van der Waals surface area contributed by atoms with E-state index in [4.69, 9.17) is 46.4 Å². The first-order valence-corrected chi connectivity index (χ1v) is 8.08. The molecular weight excluding hydrogens is 334 g/mol. The van der Waals surface area contributed by atoms with Gasteiger partial charge in [0.1, 0.15) is 0 Å². The van der Waals surface area contributed by atoms with Crippen molar-refractivity contribution >= 4 is 46.4 Å². The predicted octanol–water partition coefficient (Wildman–Crippen LogP) is 5.80. The minimum absolute atomic E-state index is 0.0881. The van der Waals surface area contributed by atoms with Gasteiger partial charge in [-0.3, -0.25) is 0 Å². The fraction of sp³-hybridized carbons (Fsp3) is 0.250. The van der Waals surface area contributed by atoms with Crippen molar-refractivity contribution in [3.8, 4) is 0 Å². The molecule has 0 saturated heterocycles. The molecule has 3 aliphatic rings. The molecule has 0 aromatic heterocycles. The Morgan fingerprint density at radius 1 is 0.650 bits per heavy atom. The van der Waals surface area contributed by atoms with Gasteiger partial charge in [0.2, 0.25) is 0 Å². The van der Waals surface area contributed by atoms with Crippen molar-refractivity contribution in [2.24, 2.45) is 0 Å². The maximum atomic E-state index is 6.60. The number of fused-ring (bicyclic) bond motifs is 1. The zero-order valence-corrected chi connectivity index (χ0v) is 13.3. The average Bonchev–Trinajstić information content (AvgIpc) is 2.44. The van der Waals surface area contributed by atoms with Gasteiger partial charge in [0.15, 0.2) is 0 Å². The standard InChI is InChI=1S/C16H10Cl4/c17-11-5-9-10(6-12(11)18)14-8-4-2-1-3-7(8)13(9)15(19)16(14)20/h1-6,13-16H/t13-,14+,15-,16+. The van der Waals surface area contributed by atoms with E-state index in [1.165, 1.54) is 22.3 Å². The molecule has 2 aromatic rings. The lowest BCUT2D eigenvalue weighted by molar-refractivity contribution is 0.535. The predicted molar refractivity (Wildman–Crippen MR) is 85.9 cm³/mol. The highest BCUT2D eigenvalue weighted by Gasteiger charge is 2.48. The zero-order valence-electron chi connectivity index (χ0n) is 10.3. The van der Waals surface area contributed by atoms with Crippen molar-refractivity contribution in [1.29, 1.82) is 0 Å². The molecule has 0 radical (unpaired) electrons. The van der Waals surface area contributed by atoms with Crippen LogP contribution in [0.3, 0.4) is 0 Å². The van der Waals surface area contributed by atoms with Gasteiger partial charge in [-0.1, -0.05) is 47.5 Å². The summed E-state index contributed by atoms with van der Waals surface area (Å²) < 4.78 is 0. The van der Waals surface area contributed by atoms with Crippen LogP contribution in [0.1, 0.15) is 34.1 Å². The highest BCUT2D eigenvalue weighted by molar-refractivity contribution is 6.42. The lowest BCUT2D eigenvalue weighted by Crippen LogP contribution is -2.41. The van der Waals surface area contributed by atoms with E-state index in [2.05, 4.69) is 12.1 Å². The normalized spacial score (nSPS) is 30.0. The number of alkyl halides is 2. The Morgan fingerprint density at radius 3 is 1.45 bits per heavy atom. The zero-order chi connectivity index (χ0) is 14.0. The third-order valence-corrected chi connectivity index (χ3v) is 6.30. The molecule has 4 atom stereocenters. The van der Waals surface area contributed by atoms with E-state index in [1.54, 1.807) is 0 Å². The number of rotatable bonds is 0. The molecule has 0 saturated carbocycles. The van der Waals surface area contributed by atoms with Gasteiger partial charge in [0, 0.05) is 11.8 Å². The number of hydrogen-bond acceptors (Lipinski definition) is 0. The average molecular weight is 344 g/mol. The Labute approximate surface area is 137 Å². The van der Waals surface area contributed by atoms with Gasteiger partial charge in [0.05, 0.1) is 20.8 Å². The summed E-state index contributed by atoms with van der Waals surface area (Å²) in [4.78, 5) is 0. The molecule has 102 valence electrons. The third-order valence-electron chi connectivity index (χ3n) is 4.40. The fourth-order valence-corrected chi connectivity index (χ4v) is 4.76. The van der Waals surface area contributed by atoms with Crippen LogP contribution in [-0.2, 0) is 0 Å². The van der Waals surface area contributed by atoms with Gasteiger partial charge in [-0.05, 0) is 34.4 Å². The molecule has 20 heavy (non-hydrogen) atoms. The van der Waals surface area contributed by atoms with Crippen molar-refractivity contribution in [2.45, 2.75) is 22.6 Å². The molecule has 0 nitrogen and oxygen atoms in total. The third kappa shape index (κ3) is 1.63. The maximum Gasteiger partial charge on any atom is 0.0618 e. The summed E-state index contributed by atoms with van der Waals surface area (Å²) in [6, 6.07) is 12.3. The summed E-state index contributed by atoms with van der Waals surface area (Å²) in [6.45, 7) is 0. The molecular formula is C16H10Cl4.